The van der Waals surface area contributed by atoms with Crippen molar-refractivity contribution in [3.05, 3.63) is 33.8 Å². The maximum Gasteiger partial charge on any atom is 0.0624 e. The number of benzene rings is 1. The Morgan fingerprint density at radius 3 is 2.50 bits per heavy atom. The summed E-state index contributed by atoms with van der Waals surface area (Å²) in [5.41, 5.74) is 7.12. The van der Waals surface area contributed by atoms with Crippen LogP contribution in [0, 0.1) is 5.92 Å². The highest BCUT2D eigenvalue weighted by Crippen LogP contribution is 2.26. The molecule has 2 N–H and O–H groups in total. The highest BCUT2D eigenvalue weighted by atomic mass is 35.5. The van der Waals surface area contributed by atoms with Crippen molar-refractivity contribution in [2.45, 2.75) is 39.2 Å². The van der Waals surface area contributed by atoms with E-state index in [1.807, 2.05) is 12.1 Å². The lowest BCUT2D eigenvalue weighted by Gasteiger charge is -2.14. The summed E-state index contributed by atoms with van der Waals surface area (Å²) < 4.78 is 0. The van der Waals surface area contributed by atoms with Gasteiger partial charge in [-0.05, 0) is 36.8 Å². The third kappa shape index (κ3) is 4.32. The second-order valence-electron chi connectivity index (χ2n) is 4.65. The smallest absolute Gasteiger partial charge is 0.0624 e. The highest BCUT2D eigenvalue weighted by molar-refractivity contribution is 6.42. The minimum atomic E-state index is 0.165. The summed E-state index contributed by atoms with van der Waals surface area (Å²) in [7, 11) is 0. The molecular formula is C13H19Cl2N. The Kier molecular flexibility index (Phi) is 5.60. The number of hydrogen-bond acceptors (Lipinski definition) is 1. The summed E-state index contributed by atoms with van der Waals surface area (Å²) in [6.07, 6.45) is 2.98. The Bertz CT molecular complexity index is 337. The molecule has 1 atom stereocenters. The summed E-state index contributed by atoms with van der Waals surface area (Å²) in [5, 5.41) is 1.25. The number of hydrogen-bond donors (Lipinski definition) is 1. The molecule has 0 aliphatic carbocycles. The Morgan fingerprint density at radius 2 is 1.88 bits per heavy atom. The van der Waals surface area contributed by atoms with Gasteiger partial charge in [-0.25, -0.2) is 0 Å². The second kappa shape index (κ2) is 6.48. The number of rotatable bonds is 5. The van der Waals surface area contributed by atoms with Crippen molar-refractivity contribution in [2.24, 2.45) is 11.7 Å². The van der Waals surface area contributed by atoms with Crippen molar-refractivity contribution < 1.29 is 0 Å². The lowest BCUT2D eigenvalue weighted by atomic mass is 9.98. The van der Waals surface area contributed by atoms with E-state index in [-0.39, 0.29) is 6.04 Å². The molecule has 0 aliphatic rings. The van der Waals surface area contributed by atoms with Gasteiger partial charge in [-0.1, -0.05) is 49.2 Å². The largest absolute Gasteiger partial charge is 0.327 e. The van der Waals surface area contributed by atoms with E-state index in [1.54, 1.807) is 6.07 Å². The first kappa shape index (κ1) is 13.8. The molecule has 0 aromatic heterocycles. The number of nitrogens with two attached hydrogens (primary N) is 1. The van der Waals surface area contributed by atoms with Crippen molar-refractivity contribution in [2.75, 3.05) is 0 Å². The summed E-state index contributed by atoms with van der Waals surface area (Å²) in [6, 6.07) is 5.87. The minimum absolute atomic E-state index is 0.165. The van der Waals surface area contributed by atoms with Gasteiger partial charge in [0.1, 0.15) is 0 Å². The molecule has 1 nitrogen and oxygen atoms in total. The summed E-state index contributed by atoms with van der Waals surface area (Å²) in [4.78, 5) is 0. The maximum absolute atomic E-state index is 6.11. The fourth-order valence-corrected chi connectivity index (χ4v) is 2.04. The molecule has 0 radical (unpaired) electrons. The summed E-state index contributed by atoms with van der Waals surface area (Å²) in [6.45, 7) is 4.41. The van der Waals surface area contributed by atoms with Crippen LogP contribution >= 0.6 is 23.2 Å². The van der Waals surface area contributed by atoms with Gasteiger partial charge in [-0.15, -0.1) is 0 Å². The van der Waals surface area contributed by atoms with Crippen LogP contribution in [-0.4, -0.2) is 6.04 Å². The van der Waals surface area contributed by atoms with E-state index in [0.717, 1.165) is 24.8 Å². The Morgan fingerprint density at radius 1 is 1.19 bits per heavy atom. The summed E-state index contributed by atoms with van der Waals surface area (Å²) >= 11 is 12.1. The molecule has 0 saturated carbocycles. The van der Waals surface area contributed by atoms with Crippen LogP contribution in [0.3, 0.4) is 0 Å². The topological polar surface area (TPSA) is 26.0 Å². The van der Waals surface area contributed by atoms with E-state index in [1.165, 1.54) is 0 Å². The van der Waals surface area contributed by atoms with Crippen LogP contribution < -0.4 is 5.73 Å². The second-order valence-corrected chi connectivity index (χ2v) is 5.43. The van der Waals surface area contributed by atoms with E-state index < -0.39 is 0 Å². The SMILES string of the molecule is CC(C)CCC(N)Cc1cccc(Cl)c1Cl. The monoisotopic (exact) mass is 259 g/mol. The zero-order chi connectivity index (χ0) is 12.1. The molecule has 16 heavy (non-hydrogen) atoms. The molecule has 0 bridgehead atoms. The van der Waals surface area contributed by atoms with Crippen molar-refractivity contribution in [1.82, 2.24) is 0 Å². The molecule has 1 aromatic rings. The van der Waals surface area contributed by atoms with Gasteiger partial charge >= 0.3 is 0 Å². The minimum Gasteiger partial charge on any atom is -0.327 e. The van der Waals surface area contributed by atoms with Crippen molar-refractivity contribution in [3.63, 3.8) is 0 Å². The van der Waals surface area contributed by atoms with Gasteiger partial charge in [-0.3, -0.25) is 0 Å². The van der Waals surface area contributed by atoms with Crippen molar-refractivity contribution >= 4 is 23.2 Å². The average Bonchev–Trinajstić information content (AvgIpc) is 2.22. The molecule has 1 rings (SSSR count). The van der Waals surface area contributed by atoms with E-state index in [4.69, 9.17) is 28.9 Å². The van der Waals surface area contributed by atoms with Crippen LogP contribution in [0.5, 0.6) is 0 Å². The molecule has 0 fully saturated rings. The molecule has 0 saturated heterocycles. The van der Waals surface area contributed by atoms with Crippen LogP contribution in [0.1, 0.15) is 32.3 Å². The normalized spacial score (nSPS) is 13.1. The third-order valence-corrected chi connectivity index (χ3v) is 3.49. The van der Waals surface area contributed by atoms with Gasteiger partial charge in [0.25, 0.3) is 0 Å². The van der Waals surface area contributed by atoms with Gasteiger partial charge in [-0.2, -0.15) is 0 Å². The molecule has 0 spiro atoms. The first-order chi connectivity index (χ1) is 7.50. The Hall–Kier alpha value is -0.240. The zero-order valence-electron chi connectivity index (χ0n) is 9.84. The first-order valence-electron chi connectivity index (χ1n) is 5.69. The van der Waals surface area contributed by atoms with Crippen LogP contribution in [0.4, 0.5) is 0 Å². The van der Waals surface area contributed by atoms with E-state index >= 15 is 0 Å². The van der Waals surface area contributed by atoms with Gasteiger partial charge in [0.15, 0.2) is 0 Å². The first-order valence-corrected chi connectivity index (χ1v) is 6.44. The number of halogens is 2. The van der Waals surface area contributed by atoms with Gasteiger partial charge in [0.05, 0.1) is 10.0 Å². The van der Waals surface area contributed by atoms with Gasteiger partial charge < -0.3 is 5.73 Å². The predicted molar refractivity (Wildman–Crippen MR) is 72.2 cm³/mol. The van der Waals surface area contributed by atoms with E-state index in [2.05, 4.69) is 13.8 Å². The molecular weight excluding hydrogens is 241 g/mol. The molecule has 1 aromatic carbocycles. The van der Waals surface area contributed by atoms with Gasteiger partial charge in [0.2, 0.25) is 0 Å². The molecule has 1 unspecified atom stereocenters. The Labute approximate surface area is 108 Å². The lowest BCUT2D eigenvalue weighted by molar-refractivity contribution is 0.495. The molecule has 0 heterocycles. The van der Waals surface area contributed by atoms with Crippen LogP contribution in [0.2, 0.25) is 10.0 Å². The standard InChI is InChI=1S/C13H19Cl2N/c1-9(2)6-7-11(16)8-10-4-3-5-12(14)13(10)15/h3-5,9,11H,6-8,16H2,1-2H3. The Balaban J connectivity index is 2.56. The molecule has 90 valence electrons. The van der Waals surface area contributed by atoms with Crippen molar-refractivity contribution in [1.29, 1.82) is 0 Å². The molecule has 0 amide bonds. The van der Waals surface area contributed by atoms with Crippen LogP contribution in [0.15, 0.2) is 18.2 Å². The quantitative estimate of drug-likeness (QED) is 0.839. The fourth-order valence-electron chi connectivity index (χ4n) is 1.64. The predicted octanol–water partition coefficient (Wildman–Crippen LogP) is 4.30. The molecule has 3 heteroatoms. The maximum atomic E-state index is 6.11. The molecule has 0 aliphatic heterocycles. The van der Waals surface area contributed by atoms with E-state index in [9.17, 15) is 0 Å². The third-order valence-electron chi connectivity index (χ3n) is 2.63. The van der Waals surface area contributed by atoms with Crippen LogP contribution in [-0.2, 0) is 6.42 Å². The van der Waals surface area contributed by atoms with E-state index in [0.29, 0.717) is 16.0 Å². The summed E-state index contributed by atoms with van der Waals surface area (Å²) in [5.74, 6) is 0.695. The van der Waals surface area contributed by atoms with Crippen LogP contribution in [0.25, 0.3) is 0 Å². The van der Waals surface area contributed by atoms with Gasteiger partial charge in [0, 0.05) is 6.04 Å². The highest BCUT2D eigenvalue weighted by Gasteiger charge is 2.09. The average molecular weight is 260 g/mol. The fraction of sp³-hybridized carbons (Fsp3) is 0.538. The lowest BCUT2D eigenvalue weighted by Crippen LogP contribution is -2.23. The zero-order valence-corrected chi connectivity index (χ0v) is 11.4. The van der Waals surface area contributed by atoms with Crippen molar-refractivity contribution in [3.8, 4) is 0 Å².